The molecule has 0 aliphatic heterocycles. The van der Waals surface area contributed by atoms with Crippen LogP contribution in [0.5, 0.6) is 0 Å². The van der Waals surface area contributed by atoms with Crippen molar-refractivity contribution < 1.29 is 13.2 Å². The number of hydrogen-bond acceptors (Lipinski definition) is 4. The van der Waals surface area contributed by atoms with E-state index < -0.39 is 15.9 Å². The molecular weight excluding hydrogens is 362 g/mol. The number of carbonyl (C=O) groups excluding carboxylic acids is 1. The molecule has 27 heavy (non-hydrogen) atoms. The fraction of sp³-hybridized carbons (Fsp3) is 0.500. The summed E-state index contributed by atoms with van der Waals surface area (Å²) in [4.78, 5) is 12.6. The highest BCUT2D eigenvalue weighted by atomic mass is 32.2. The Kier molecular flexibility index (Phi) is 4.58. The molecule has 6 nitrogen and oxygen atoms in total. The van der Waals surface area contributed by atoms with Crippen LogP contribution in [0.25, 0.3) is 0 Å². The summed E-state index contributed by atoms with van der Waals surface area (Å²) in [5, 5.41) is 3.95. The molecule has 1 amide bonds. The largest absolute Gasteiger partial charge is 0.283 e. The molecule has 1 aromatic heterocycles. The van der Waals surface area contributed by atoms with E-state index in [2.05, 4.69) is 15.9 Å². The number of hydrogen-bond donors (Lipinski definition) is 1. The van der Waals surface area contributed by atoms with Gasteiger partial charge in [0.1, 0.15) is 0 Å². The number of rotatable bonds is 5. The molecule has 0 radical (unpaired) electrons. The molecule has 1 heterocycles. The van der Waals surface area contributed by atoms with Crippen molar-refractivity contribution in [1.29, 1.82) is 0 Å². The van der Waals surface area contributed by atoms with E-state index in [1.165, 1.54) is 28.3 Å². The van der Waals surface area contributed by atoms with Crippen LogP contribution >= 0.6 is 0 Å². The van der Waals surface area contributed by atoms with Crippen molar-refractivity contribution in [2.75, 3.05) is 0 Å². The van der Waals surface area contributed by atoms with Crippen molar-refractivity contribution in [3.63, 3.8) is 0 Å². The van der Waals surface area contributed by atoms with Crippen molar-refractivity contribution in [2.24, 2.45) is 0 Å². The topological polar surface area (TPSA) is 81.1 Å². The van der Waals surface area contributed by atoms with Crippen LogP contribution in [0.3, 0.4) is 0 Å². The molecule has 7 heteroatoms. The Labute approximate surface area is 160 Å². The van der Waals surface area contributed by atoms with Gasteiger partial charge in [-0.15, -0.1) is 0 Å². The van der Waals surface area contributed by atoms with Gasteiger partial charge in [-0.25, -0.2) is 4.72 Å². The average molecular weight is 388 g/mol. The van der Waals surface area contributed by atoms with Crippen molar-refractivity contribution in [3.8, 4) is 0 Å². The Morgan fingerprint density at radius 2 is 1.78 bits per heavy atom. The maximum absolute atomic E-state index is 12.6. The van der Waals surface area contributed by atoms with Crippen molar-refractivity contribution in [1.82, 2.24) is 14.5 Å². The maximum Gasteiger partial charge on any atom is 0.283 e. The monoisotopic (exact) mass is 387 g/mol. The SMILES string of the molecule is CC(C)n1ccc(S(=O)(=O)NC(=O)Cc2c3c(cc4c2CCC4)CCC3)n1. The van der Waals surface area contributed by atoms with E-state index in [-0.39, 0.29) is 17.5 Å². The predicted octanol–water partition coefficient (Wildman–Crippen LogP) is 2.49. The van der Waals surface area contributed by atoms with Gasteiger partial charge < -0.3 is 0 Å². The third-order valence-corrected chi connectivity index (χ3v) is 6.84. The molecule has 1 N–H and O–H groups in total. The van der Waals surface area contributed by atoms with Gasteiger partial charge in [-0.1, -0.05) is 6.07 Å². The van der Waals surface area contributed by atoms with Gasteiger partial charge in [-0.2, -0.15) is 13.5 Å². The van der Waals surface area contributed by atoms with E-state index in [9.17, 15) is 13.2 Å². The molecule has 1 aromatic carbocycles. The minimum absolute atomic E-state index is 0.0548. The molecule has 2 aliphatic carbocycles. The Hall–Kier alpha value is -2.15. The lowest BCUT2D eigenvalue weighted by atomic mass is 9.92. The zero-order chi connectivity index (χ0) is 19.2. The van der Waals surface area contributed by atoms with Gasteiger partial charge in [0.2, 0.25) is 5.91 Å². The zero-order valence-corrected chi connectivity index (χ0v) is 16.6. The number of fused-ring (bicyclic) bond motifs is 2. The Morgan fingerprint density at radius 1 is 1.15 bits per heavy atom. The molecule has 0 saturated carbocycles. The summed E-state index contributed by atoms with van der Waals surface area (Å²) in [6, 6.07) is 3.79. The van der Waals surface area contributed by atoms with Gasteiger partial charge in [-0.05, 0) is 86.3 Å². The van der Waals surface area contributed by atoms with Crippen LogP contribution in [0, 0.1) is 0 Å². The lowest BCUT2D eigenvalue weighted by Crippen LogP contribution is -2.32. The van der Waals surface area contributed by atoms with Crippen molar-refractivity contribution in [3.05, 3.63) is 46.1 Å². The lowest BCUT2D eigenvalue weighted by molar-refractivity contribution is -0.118. The number of amides is 1. The van der Waals surface area contributed by atoms with Gasteiger partial charge in [0.15, 0.2) is 5.03 Å². The maximum atomic E-state index is 12.6. The molecule has 0 saturated heterocycles. The quantitative estimate of drug-likeness (QED) is 0.855. The summed E-state index contributed by atoms with van der Waals surface area (Å²) >= 11 is 0. The number of nitrogens with zero attached hydrogens (tertiary/aromatic N) is 2. The molecular formula is C20H25N3O3S. The first-order chi connectivity index (χ1) is 12.8. The lowest BCUT2D eigenvalue weighted by Gasteiger charge is -2.15. The minimum Gasteiger partial charge on any atom is -0.274 e. The standard InChI is InChI=1S/C20H25N3O3S/c1-13(2)23-10-9-20(21-23)27(25,26)22-19(24)12-18-16-7-3-5-14(16)11-15-6-4-8-17(15)18/h9-11,13H,3-8,12H2,1-2H3,(H,22,24). The number of aromatic nitrogens is 2. The number of sulfonamides is 1. The summed E-state index contributed by atoms with van der Waals surface area (Å²) in [7, 11) is -3.95. The van der Waals surface area contributed by atoms with Crippen LogP contribution in [0.1, 0.15) is 60.5 Å². The first kappa shape index (κ1) is 18.2. The summed E-state index contributed by atoms with van der Waals surface area (Å²) in [5.41, 5.74) is 6.30. The molecule has 0 atom stereocenters. The fourth-order valence-corrected chi connectivity index (χ4v) is 5.22. The molecule has 0 bridgehead atoms. The van der Waals surface area contributed by atoms with Crippen LogP contribution in [0.2, 0.25) is 0 Å². The highest BCUT2D eigenvalue weighted by Crippen LogP contribution is 2.35. The van der Waals surface area contributed by atoms with Crippen LogP contribution in [-0.2, 0) is 46.9 Å². The summed E-state index contributed by atoms with van der Waals surface area (Å²) in [6.45, 7) is 3.83. The number of benzene rings is 1. The van der Waals surface area contributed by atoms with E-state index in [1.807, 2.05) is 13.8 Å². The second-order valence-electron chi connectivity index (χ2n) is 7.77. The predicted molar refractivity (Wildman–Crippen MR) is 102 cm³/mol. The highest BCUT2D eigenvalue weighted by molar-refractivity contribution is 7.90. The molecule has 0 unspecified atom stereocenters. The summed E-state index contributed by atoms with van der Waals surface area (Å²) in [5.74, 6) is -0.483. The Morgan fingerprint density at radius 3 is 2.33 bits per heavy atom. The van der Waals surface area contributed by atoms with E-state index in [0.29, 0.717) is 0 Å². The number of aryl methyl sites for hydroxylation is 2. The van der Waals surface area contributed by atoms with Gasteiger partial charge in [0, 0.05) is 12.2 Å². The second-order valence-corrected chi connectivity index (χ2v) is 9.40. The van der Waals surface area contributed by atoms with E-state index in [4.69, 9.17) is 0 Å². The number of nitrogens with one attached hydrogen (secondary N) is 1. The molecule has 0 fully saturated rings. The third-order valence-electron chi connectivity index (χ3n) is 5.57. The first-order valence-corrected chi connectivity index (χ1v) is 11.1. The molecule has 4 rings (SSSR count). The van der Waals surface area contributed by atoms with Gasteiger partial charge in [0.05, 0.1) is 6.42 Å². The van der Waals surface area contributed by atoms with Crippen LogP contribution in [0.4, 0.5) is 0 Å². The normalized spacial score (nSPS) is 15.8. The van der Waals surface area contributed by atoms with Gasteiger partial charge in [-0.3, -0.25) is 9.48 Å². The number of carbonyl (C=O) groups is 1. The molecule has 2 aromatic rings. The average Bonchev–Trinajstić information content (AvgIpc) is 3.34. The zero-order valence-electron chi connectivity index (χ0n) is 15.8. The summed E-state index contributed by atoms with van der Waals surface area (Å²) in [6.07, 6.45) is 8.03. The van der Waals surface area contributed by atoms with E-state index in [0.717, 1.165) is 44.1 Å². The third kappa shape index (κ3) is 3.40. The molecule has 2 aliphatic rings. The summed E-state index contributed by atoms with van der Waals surface area (Å²) < 4.78 is 28.8. The van der Waals surface area contributed by atoms with E-state index >= 15 is 0 Å². The van der Waals surface area contributed by atoms with Crippen molar-refractivity contribution in [2.45, 2.75) is 69.9 Å². The van der Waals surface area contributed by atoms with Gasteiger partial charge in [0.25, 0.3) is 10.0 Å². The Balaban J connectivity index is 1.57. The Bertz CT molecular complexity index is 973. The van der Waals surface area contributed by atoms with Gasteiger partial charge >= 0.3 is 0 Å². The van der Waals surface area contributed by atoms with Crippen LogP contribution in [-0.4, -0.2) is 24.1 Å². The fourth-order valence-electron chi connectivity index (χ4n) is 4.30. The van der Waals surface area contributed by atoms with Crippen molar-refractivity contribution >= 4 is 15.9 Å². The molecule has 0 spiro atoms. The minimum atomic E-state index is -3.95. The first-order valence-electron chi connectivity index (χ1n) is 9.61. The second kappa shape index (κ2) is 6.78. The highest BCUT2D eigenvalue weighted by Gasteiger charge is 2.27. The van der Waals surface area contributed by atoms with Crippen LogP contribution < -0.4 is 4.72 Å². The smallest absolute Gasteiger partial charge is 0.274 e. The van der Waals surface area contributed by atoms with E-state index in [1.54, 1.807) is 10.9 Å². The molecule has 144 valence electrons. The van der Waals surface area contributed by atoms with Crippen LogP contribution in [0.15, 0.2) is 23.4 Å².